The first-order chi connectivity index (χ1) is 13.7. The van der Waals surface area contributed by atoms with Gasteiger partial charge < -0.3 is 9.84 Å². The van der Waals surface area contributed by atoms with Gasteiger partial charge in [0.2, 0.25) is 0 Å². The fraction of sp³-hybridized carbons (Fsp3) is 0.0435. The summed E-state index contributed by atoms with van der Waals surface area (Å²) in [6.45, 7) is 0. The number of hydrogen-bond acceptors (Lipinski definition) is 4. The number of rotatable bonds is 6. The van der Waals surface area contributed by atoms with Crippen LogP contribution in [0.25, 0.3) is 21.9 Å². The Morgan fingerprint density at radius 3 is 2.32 bits per heavy atom. The Morgan fingerprint density at radius 1 is 0.929 bits per heavy atom. The first kappa shape index (κ1) is 17.9. The number of para-hydroxylation sites is 2. The topological polar surface area (TPSA) is 59.4 Å². The summed E-state index contributed by atoms with van der Waals surface area (Å²) in [5.41, 5.74) is 2.46. The summed E-state index contributed by atoms with van der Waals surface area (Å²) in [6, 6.07) is 24.9. The molecule has 5 heteroatoms. The summed E-state index contributed by atoms with van der Waals surface area (Å²) in [7, 11) is 0. The van der Waals surface area contributed by atoms with Crippen LogP contribution in [-0.4, -0.2) is 16.1 Å². The molecule has 138 valence electrons. The molecule has 1 aromatic heterocycles. The van der Waals surface area contributed by atoms with Gasteiger partial charge in [-0.05, 0) is 53.6 Å². The summed E-state index contributed by atoms with van der Waals surface area (Å²) < 4.78 is 6.84. The highest BCUT2D eigenvalue weighted by molar-refractivity contribution is 7.19. The van der Waals surface area contributed by atoms with Gasteiger partial charge in [0.15, 0.2) is 0 Å². The van der Waals surface area contributed by atoms with Crippen LogP contribution in [0.5, 0.6) is 11.5 Å². The Morgan fingerprint density at radius 2 is 1.61 bits per heavy atom. The molecule has 1 N–H and O–H groups in total. The lowest BCUT2D eigenvalue weighted by atomic mass is 10.1. The molecule has 0 aliphatic heterocycles. The summed E-state index contributed by atoms with van der Waals surface area (Å²) in [6.07, 6.45) is 1.79. The van der Waals surface area contributed by atoms with Crippen molar-refractivity contribution in [1.29, 1.82) is 0 Å². The molecule has 0 unspecified atom stereocenters. The maximum absolute atomic E-state index is 11.4. The second-order valence-corrected chi connectivity index (χ2v) is 7.24. The summed E-state index contributed by atoms with van der Waals surface area (Å²) in [4.78, 5) is 16.0. The maximum Gasteiger partial charge on any atom is 0.307 e. The highest BCUT2D eigenvalue weighted by Gasteiger charge is 2.12. The normalized spacial score (nSPS) is 11.5. The number of ether oxygens (including phenoxy) is 1. The number of carbonyl (C=O) groups is 1. The fourth-order valence-corrected chi connectivity index (χ4v) is 3.80. The van der Waals surface area contributed by atoms with Gasteiger partial charge in [0.1, 0.15) is 16.5 Å². The molecule has 4 rings (SSSR count). The van der Waals surface area contributed by atoms with Crippen molar-refractivity contribution < 1.29 is 14.6 Å². The number of benzene rings is 3. The summed E-state index contributed by atoms with van der Waals surface area (Å²) in [5.74, 6) is 0.615. The van der Waals surface area contributed by atoms with Gasteiger partial charge in [-0.15, -0.1) is 11.3 Å². The Kier molecular flexibility index (Phi) is 5.17. The number of nitrogens with zero attached hydrogens (tertiary/aromatic N) is 1. The van der Waals surface area contributed by atoms with Gasteiger partial charge in [0.25, 0.3) is 0 Å². The van der Waals surface area contributed by atoms with Crippen LogP contribution in [0, 0.1) is 0 Å². The average Bonchev–Trinajstić information content (AvgIpc) is 3.14. The zero-order valence-electron chi connectivity index (χ0n) is 14.9. The molecular weight excluding hydrogens is 370 g/mol. The van der Waals surface area contributed by atoms with Gasteiger partial charge >= 0.3 is 5.97 Å². The third-order valence-corrected chi connectivity index (χ3v) is 5.22. The first-order valence-electron chi connectivity index (χ1n) is 8.79. The number of thiazole rings is 1. The molecule has 0 aliphatic carbocycles. The third kappa shape index (κ3) is 4.27. The molecule has 0 saturated carbocycles. The first-order valence-corrected chi connectivity index (χ1v) is 9.60. The monoisotopic (exact) mass is 387 g/mol. The molecule has 0 radical (unpaired) electrons. The van der Waals surface area contributed by atoms with E-state index in [9.17, 15) is 9.90 Å². The smallest absolute Gasteiger partial charge is 0.307 e. The molecule has 0 bridgehead atoms. The van der Waals surface area contributed by atoms with Gasteiger partial charge in [-0.3, -0.25) is 4.79 Å². The standard InChI is InChI=1S/C23H17NO3S/c25-22(26)15-17(23-24-20-8-4-5-9-21(20)28-23)14-16-10-12-19(13-11-16)27-18-6-2-1-3-7-18/h1-14H,15H2,(H,25,26)/b17-14-. The van der Waals surface area contributed by atoms with E-state index in [0.29, 0.717) is 5.57 Å². The lowest BCUT2D eigenvalue weighted by molar-refractivity contribution is -0.135. The van der Waals surface area contributed by atoms with Crippen LogP contribution in [0.4, 0.5) is 0 Å². The van der Waals surface area contributed by atoms with Crippen molar-refractivity contribution in [2.45, 2.75) is 6.42 Å². The van der Waals surface area contributed by atoms with Crippen molar-refractivity contribution in [2.24, 2.45) is 0 Å². The molecule has 0 aliphatic rings. The van der Waals surface area contributed by atoms with E-state index in [1.165, 1.54) is 11.3 Å². The highest BCUT2D eigenvalue weighted by atomic mass is 32.1. The van der Waals surface area contributed by atoms with E-state index in [1.54, 1.807) is 0 Å². The van der Waals surface area contributed by atoms with E-state index >= 15 is 0 Å². The number of fused-ring (bicyclic) bond motifs is 1. The van der Waals surface area contributed by atoms with Crippen LogP contribution in [-0.2, 0) is 4.79 Å². The largest absolute Gasteiger partial charge is 0.481 e. The number of hydrogen-bond donors (Lipinski definition) is 1. The molecule has 0 saturated heterocycles. The number of aliphatic carboxylic acids is 1. The zero-order chi connectivity index (χ0) is 19.3. The number of carboxylic acids is 1. The van der Waals surface area contributed by atoms with Crippen molar-refractivity contribution in [3.05, 3.63) is 89.4 Å². The lowest BCUT2D eigenvalue weighted by Crippen LogP contribution is -1.97. The minimum atomic E-state index is -0.880. The maximum atomic E-state index is 11.4. The van der Waals surface area contributed by atoms with Gasteiger partial charge in [-0.25, -0.2) is 4.98 Å². The van der Waals surface area contributed by atoms with Crippen molar-refractivity contribution in [1.82, 2.24) is 4.98 Å². The van der Waals surface area contributed by atoms with Crippen LogP contribution in [0.2, 0.25) is 0 Å². The van der Waals surface area contributed by atoms with Crippen LogP contribution >= 0.6 is 11.3 Å². The third-order valence-electron chi connectivity index (χ3n) is 4.11. The molecule has 3 aromatic carbocycles. The van der Waals surface area contributed by atoms with Crippen LogP contribution < -0.4 is 4.74 Å². The highest BCUT2D eigenvalue weighted by Crippen LogP contribution is 2.31. The van der Waals surface area contributed by atoms with Crippen molar-refractivity contribution in [3.8, 4) is 11.5 Å². The second-order valence-electron chi connectivity index (χ2n) is 6.21. The Labute approximate surface area is 166 Å². The molecule has 28 heavy (non-hydrogen) atoms. The Balaban J connectivity index is 1.61. The van der Waals surface area contributed by atoms with Crippen LogP contribution in [0.15, 0.2) is 78.9 Å². The lowest BCUT2D eigenvalue weighted by Gasteiger charge is -2.06. The van der Waals surface area contributed by atoms with E-state index in [-0.39, 0.29) is 6.42 Å². The predicted molar refractivity (Wildman–Crippen MR) is 113 cm³/mol. The molecule has 0 amide bonds. The second kappa shape index (κ2) is 8.06. The van der Waals surface area contributed by atoms with Gasteiger partial charge in [0.05, 0.1) is 16.6 Å². The van der Waals surface area contributed by atoms with E-state index in [0.717, 1.165) is 32.3 Å². The van der Waals surface area contributed by atoms with Gasteiger partial charge in [-0.1, -0.05) is 42.5 Å². The molecule has 4 nitrogen and oxygen atoms in total. The molecule has 0 atom stereocenters. The summed E-state index contributed by atoms with van der Waals surface area (Å²) in [5, 5.41) is 10.1. The van der Waals surface area contributed by atoms with Crippen LogP contribution in [0.3, 0.4) is 0 Å². The van der Waals surface area contributed by atoms with E-state index in [2.05, 4.69) is 4.98 Å². The minimum absolute atomic E-state index is 0.0813. The van der Waals surface area contributed by atoms with Crippen LogP contribution in [0.1, 0.15) is 17.0 Å². The van der Waals surface area contributed by atoms with Crippen molar-refractivity contribution in [2.75, 3.05) is 0 Å². The molecule has 1 heterocycles. The van der Waals surface area contributed by atoms with Crippen molar-refractivity contribution in [3.63, 3.8) is 0 Å². The predicted octanol–water partition coefficient (Wildman–Crippen LogP) is 6.10. The molecule has 0 spiro atoms. The SMILES string of the molecule is O=C(O)C/C(=C/c1ccc(Oc2ccccc2)cc1)c1nc2ccccc2s1. The molecule has 0 fully saturated rings. The molecule has 4 aromatic rings. The number of aromatic nitrogens is 1. The Bertz CT molecular complexity index is 1100. The fourth-order valence-electron chi connectivity index (χ4n) is 2.82. The van der Waals surface area contributed by atoms with Crippen molar-refractivity contribution >= 4 is 39.2 Å². The minimum Gasteiger partial charge on any atom is -0.481 e. The summed E-state index contributed by atoms with van der Waals surface area (Å²) >= 11 is 1.50. The quantitative estimate of drug-likeness (QED) is 0.434. The van der Waals surface area contributed by atoms with E-state index < -0.39 is 5.97 Å². The zero-order valence-corrected chi connectivity index (χ0v) is 15.7. The average molecular weight is 387 g/mol. The molecular formula is C23H17NO3S. The van der Waals surface area contributed by atoms with E-state index in [4.69, 9.17) is 4.74 Å². The van der Waals surface area contributed by atoms with Gasteiger partial charge in [-0.2, -0.15) is 0 Å². The van der Waals surface area contributed by atoms with E-state index in [1.807, 2.05) is 84.9 Å². The number of carboxylic acid groups (broad SMARTS) is 1. The Hall–Kier alpha value is -3.44. The van der Waals surface area contributed by atoms with Gasteiger partial charge in [0, 0.05) is 0 Å².